The van der Waals surface area contributed by atoms with E-state index in [-0.39, 0.29) is 0 Å². The van der Waals surface area contributed by atoms with Crippen molar-refractivity contribution in [3.63, 3.8) is 0 Å². The van der Waals surface area contributed by atoms with Crippen LogP contribution in [0.1, 0.15) is 93.0 Å². The molecule has 0 amide bonds. The number of fused-ring (bicyclic) bond motifs is 3. The van der Waals surface area contributed by atoms with Gasteiger partial charge in [0.05, 0.1) is 39.0 Å². The van der Waals surface area contributed by atoms with Crippen molar-refractivity contribution in [2.45, 2.75) is 75.5 Å². The van der Waals surface area contributed by atoms with E-state index >= 15 is 0 Å². The zero-order valence-electron chi connectivity index (χ0n) is 22.1. The van der Waals surface area contributed by atoms with Crippen LogP contribution in [0.3, 0.4) is 0 Å². The highest BCUT2D eigenvalue weighted by Crippen LogP contribution is 2.45. The third-order valence-electron chi connectivity index (χ3n) is 9.42. The molecular formula is C33H32N6. The van der Waals surface area contributed by atoms with Crippen LogP contribution in [0.5, 0.6) is 0 Å². The smallest absolute Gasteiger partial charge is 0.117 e. The van der Waals surface area contributed by atoms with E-state index < -0.39 is 0 Å². The van der Waals surface area contributed by atoms with E-state index in [0.29, 0.717) is 17.8 Å². The molecule has 0 spiro atoms. The summed E-state index contributed by atoms with van der Waals surface area (Å²) < 4.78 is 4.90. The van der Waals surface area contributed by atoms with Crippen LogP contribution in [0.25, 0.3) is 44.5 Å². The van der Waals surface area contributed by atoms with Gasteiger partial charge in [-0.25, -0.2) is 15.0 Å². The zero-order chi connectivity index (χ0) is 25.5. The van der Waals surface area contributed by atoms with E-state index in [1.807, 2.05) is 0 Å². The summed E-state index contributed by atoms with van der Waals surface area (Å²) in [6.45, 7) is 0. The van der Waals surface area contributed by atoms with Crippen molar-refractivity contribution in [1.82, 2.24) is 29.1 Å². The maximum Gasteiger partial charge on any atom is 0.117 e. The van der Waals surface area contributed by atoms with E-state index in [2.05, 4.69) is 74.8 Å². The second-order valence-electron chi connectivity index (χ2n) is 11.9. The van der Waals surface area contributed by atoms with Crippen molar-refractivity contribution in [2.75, 3.05) is 0 Å². The number of imidazole rings is 3. The van der Waals surface area contributed by atoms with Crippen molar-refractivity contribution in [1.29, 1.82) is 0 Å². The number of hydrogen-bond donors (Lipinski definition) is 1. The van der Waals surface area contributed by atoms with E-state index in [1.54, 1.807) is 0 Å². The molecule has 6 heteroatoms. The minimum absolute atomic E-state index is 0.483. The molecule has 3 saturated carbocycles. The molecule has 6 nitrogen and oxygen atoms in total. The number of aromatic nitrogens is 6. The summed E-state index contributed by atoms with van der Waals surface area (Å²) in [6.07, 6.45) is 11.1. The van der Waals surface area contributed by atoms with Crippen LogP contribution in [0, 0.1) is 0 Å². The number of nitrogens with zero attached hydrogens (tertiary/aromatic N) is 5. The number of hydrogen-bond acceptors (Lipinski definition) is 3. The first-order chi connectivity index (χ1) is 19.3. The number of para-hydroxylation sites is 4. The predicted molar refractivity (Wildman–Crippen MR) is 155 cm³/mol. The highest BCUT2D eigenvalue weighted by Gasteiger charge is 2.33. The molecule has 0 radical (unpaired) electrons. The summed E-state index contributed by atoms with van der Waals surface area (Å²) in [5, 5.41) is 0. The standard InChI is InChI=1S/C33H32N6/c1-2-9-20(8-1)31-34-25-18-19-28(38-26-14-5-3-12-23(26)35-32(38)22-16-17-22)30(29(25)37-31)39-27-15-6-4-13-24(27)36-33(39)21-10-7-11-21/h3-6,12-15,18-22H,1-2,7-11,16-17H2,(H,34,37). The molecule has 1 N–H and O–H groups in total. The molecule has 0 unspecified atom stereocenters. The van der Waals surface area contributed by atoms with Gasteiger partial charge in [-0.05, 0) is 74.9 Å². The van der Waals surface area contributed by atoms with Crippen molar-refractivity contribution in [3.05, 3.63) is 78.1 Å². The fraction of sp³-hybridized carbons (Fsp3) is 0.364. The van der Waals surface area contributed by atoms with E-state index in [1.165, 1.54) is 75.0 Å². The minimum atomic E-state index is 0.483. The van der Waals surface area contributed by atoms with Gasteiger partial charge in [0.25, 0.3) is 0 Å². The van der Waals surface area contributed by atoms with Gasteiger partial charge in [0, 0.05) is 17.8 Å². The van der Waals surface area contributed by atoms with Gasteiger partial charge in [-0.2, -0.15) is 0 Å². The molecule has 0 aliphatic heterocycles. The summed E-state index contributed by atoms with van der Waals surface area (Å²) in [4.78, 5) is 19.6. The van der Waals surface area contributed by atoms with Crippen molar-refractivity contribution < 1.29 is 0 Å². The first kappa shape index (κ1) is 21.9. The second kappa shape index (κ2) is 8.28. The molecule has 9 rings (SSSR count). The van der Waals surface area contributed by atoms with Crippen LogP contribution in [0.2, 0.25) is 0 Å². The fourth-order valence-corrected chi connectivity index (χ4v) is 7.00. The summed E-state index contributed by atoms with van der Waals surface area (Å²) >= 11 is 0. The molecule has 3 heterocycles. The number of rotatable bonds is 5. The van der Waals surface area contributed by atoms with Crippen LogP contribution in [0.15, 0.2) is 60.7 Å². The molecule has 39 heavy (non-hydrogen) atoms. The molecule has 194 valence electrons. The zero-order valence-corrected chi connectivity index (χ0v) is 22.1. The molecule has 0 bridgehead atoms. The first-order valence-electron chi connectivity index (χ1n) is 14.8. The van der Waals surface area contributed by atoms with Gasteiger partial charge >= 0.3 is 0 Å². The second-order valence-corrected chi connectivity index (χ2v) is 11.9. The predicted octanol–water partition coefficient (Wildman–Crippen LogP) is 8.04. The van der Waals surface area contributed by atoms with Gasteiger partial charge in [-0.1, -0.05) is 43.5 Å². The number of benzene rings is 3. The van der Waals surface area contributed by atoms with Crippen molar-refractivity contribution in [2.24, 2.45) is 0 Å². The van der Waals surface area contributed by atoms with E-state index in [9.17, 15) is 0 Å². The molecule has 3 aromatic carbocycles. The first-order valence-corrected chi connectivity index (χ1v) is 14.8. The molecule has 6 aromatic rings. The van der Waals surface area contributed by atoms with Crippen molar-refractivity contribution >= 4 is 33.1 Å². The molecule has 3 fully saturated rings. The van der Waals surface area contributed by atoms with Gasteiger partial charge < -0.3 is 4.98 Å². The lowest BCUT2D eigenvalue weighted by Gasteiger charge is -2.27. The van der Waals surface area contributed by atoms with Crippen LogP contribution in [0.4, 0.5) is 0 Å². The highest BCUT2D eigenvalue weighted by molar-refractivity contribution is 5.93. The Labute approximate surface area is 227 Å². The fourth-order valence-electron chi connectivity index (χ4n) is 7.00. The summed E-state index contributed by atoms with van der Waals surface area (Å²) in [6, 6.07) is 21.8. The monoisotopic (exact) mass is 512 g/mol. The lowest BCUT2D eigenvalue weighted by atomic mass is 9.84. The SMILES string of the molecule is c1ccc2c(c1)nc(C1CC1)n2-c1ccc2[nH]c(C3CCCC3)nc2c1-n1c(C2CCC2)nc2ccccc21. The molecule has 3 aliphatic carbocycles. The maximum absolute atomic E-state index is 5.40. The topological polar surface area (TPSA) is 64.3 Å². The largest absolute Gasteiger partial charge is 0.342 e. The molecular weight excluding hydrogens is 480 g/mol. The normalized spacial score (nSPS) is 18.6. The Hall–Kier alpha value is -3.93. The third kappa shape index (κ3) is 3.30. The summed E-state index contributed by atoms with van der Waals surface area (Å²) in [5.41, 5.74) is 8.93. The Kier molecular flexibility index (Phi) is 4.66. The Morgan fingerprint density at radius 3 is 1.87 bits per heavy atom. The maximum atomic E-state index is 5.40. The van der Waals surface area contributed by atoms with Gasteiger partial charge in [-0.3, -0.25) is 9.13 Å². The average molecular weight is 513 g/mol. The number of nitrogens with one attached hydrogen (secondary N) is 1. The van der Waals surface area contributed by atoms with Gasteiger partial charge in [0.1, 0.15) is 23.0 Å². The Bertz CT molecular complexity index is 1870. The third-order valence-corrected chi connectivity index (χ3v) is 9.42. The molecule has 3 aliphatic rings. The number of aromatic amines is 1. The van der Waals surface area contributed by atoms with E-state index in [0.717, 1.165) is 44.8 Å². The highest BCUT2D eigenvalue weighted by atomic mass is 15.2. The number of H-pyrrole nitrogens is 1. The Balaban J connectivity index is 1.40. The lowest BCUT2D eigenvalue weighted by Crippen LogP contribution is -2.16. The quantitative estimate of drug-likeness (QED) is 0.254. The molecule has 0 saturated heterocycles. The van der Waals surface area contributed by atoms with Crippen molar-refractivity contribution in [3.8, 4) is 11.4 Å². The van der Waals surface area contributed by atoms with Crippen LogP contribution >= 0.6 is 0 Å². The molecule has 3 aromatic heterocycles. The van der Waals surface area contributed by atoms with Crippen LogP contribution in [-0.4, -0.2) is 29.1 Å². The van der Waals surface area contributed by atoms with Gasteiger partial charge in [-0.15, -0.1) is 0 Å². The minimum Gasteiger partial charge on any atom is -0.342 e. The summed E-state index contributed by atoms with van der Waals surface area (Å²) in [5.74, 6) is 5.02. The average Bonchev–Trinajstić information content (AvgIpc) is 3.30. The van der Waals surface area contributed by atoms with Crippen LogP contribution in [-0.2, 0) is 0 Å². The Morgan fingerprint density at radius 1 is 0.590 bits per heavy atom. The van der Waals surface area contributed by atoms with E-state index in [4.69, 9.17) is 15.0 Å². The molecule has 0 atom stereocenters. The summed E-state index contributed by atoms with van der Waals surface area (Å²) in [7, 11) is 0. The van der Waals surface area contributed by atoms with Gasteiger partial charge in [0.15, 0.2) is 0 Å². The Morgan fingerprint density at radius 2 is 1.21 bits per heavy atom. The van der Waals surface area contributed by atoms with Crippen LogP contribution < -0.4 is 0 Å². The van der Waals surface area contributed by atoms with Gasteiger partial charge in [0.2, 0.25) is 0 Å². The lowest BCUT2D eigenvalue weighted by molar-refractivity contribution is 0.399.